The Hall–Kier alpha value is -4.72. The summed E-state index contributed by atoms with van der Waals surface area (Å²) in [6, 6.07) is 18.5. The molecular formula is C35H44N10O3. The van der Waals surface area contributed by atoms with E-state index in [4.69, 9.17) is 10.5 Å². The van der Waals surface area contributed by atoms with E-state index >= 15 is 0 Å². The van der Waals surface area contributed by atoms with Gasteiger partial charge < -0.3 is 26.4 Å². The molecule has 2 fully saturated rings. The van der Waals surface area contributed by atoms with Gasteiger partial charge in [-0.05, 0) is 90.9 Å². The van der Waals surface area contributed by atoms with Crippen LogP contribution in [0, 0.1) is 11.8 Å². The molecule has 0 spiro atoms. The summed E-state index contributed by atoms with van der Waals surface area (Å²) in [5, 5.41) is 23.5. The zero-order valence-corrected chi connectivity index (χ0v) is 27.1. The summed E-state index contributed by atoms with van der Waals surface area (Å²) in [5.74, 6) is 1.28. The Morgan fingerprint density at radius 3 is 2.33 bits per heavy atom. The molecule has 252 valence electrons. The Labute approximate surface area is 280 Å². The van der Waals surface area contributed by atoms with Crippen LogP contribution in [0.3, 0.4) is 0 Å². The lowest BCUT2D eigenvalue weighted by Gasteiger charge is -2.28. The van der Waals surface area contributed by atoms with Gasteiger partial charge >= 0.3 is 0 Å². The third-order valence-electron chi connectivity index (χ3n) is 9.27. The van der Waals surface area contributed by atoms with Crippen LogP contribution in [0.25, 0.3) is 22.5 Å². The van der Waals surface area contributed by atoms with Crippen LogP contribution < -0.4 is 21.7 Å². The van der Waals surface area contributed by atoms with Crippen molar-refractivity contribution in [2.45, 2.75) is 38.1 Å². The van der Waals surface area contributed by atoms with E-state index in [0.29, 0.717) is 30.4 Å². The van der Waals surface area contributed by atoms with E-state index in [1.54, 1.807) is 12.1 Å². The average Bonchev–Trinajstić information content (AvgIpc) is 3.68. The normalized spacial score (nSPS) is 18.9. The second-order valence-electron chi connectivity index (χ2n) is 12.5. The predicted octanol–water partition coefficient (Wildman–Crippen LogP) is 3.10. The molecule has 3 heterocycles. The summed E-state index contributed by atoms with van der Waals surface area (Å²) in [6.07, 6.45) is 5.64. The Bertz CT molecular complexity index is 1580. The van der Waals surface area contributed by atoms with Crippen molar-refractivity contribution in [1.29, 1.82) is 0 Å². The Kier molecular flexibility index (Phi) is 11.3. The molecule has 4 aromatic rings. The molecule has 2 aliphatic rings. The number of nitrogens with one attached hydrogen (secondary N) is 4. The summed E-state index contributed by atoms with van der Waals surface area (Å²) < 4.78 is 5.42. The number of hydrogen-bond acceptors (Lipinski definition) is 10. The van der Waals surface area contributed by atoms with Gasteiger partial charge in [-0.25, -0.2) is 4.98 Å². The molecule has 13 nitrogen and oxygen atoms in total. The van der Waals surface area contributed by atoms with Gasteiger partial charge in [0.15, 0.2) is 0 Å². The maximum absolute atomic E-state index is 13.6. The molecular weight excluding hydrogens is 608 g/mol. The maximum Gasteiger partial charge on any atom is 0.247 e. The van der Waals surface area contributed by atoms with Crippen molar-refractivity contribution in [3.8, 4) is 22.5 Å². The summed E-state index contributed by atoms with van der Waals surface area (Å²) >= 11 is 0. The van der Waals surface area contributed by atoms with Gasteiger partial charge in [0, 0.05) is 61.5 Å². The average molecular weight is 653 g/mol. The van der Waals surface area contributed by atoms with Gasteiger partial charge in [0.1, 0.15) is 11.9 Å². The molecule has 2 amide bonds. The first-order valence-corrected chi connectivity index (χ1v) is 16.8. The monoisotopic (exact) mass is 652 g/mol. The van der Waals surface area contributed by atoms with Crippen LogP contribution in [0.15, 0.2) is 66.9 Å². The quantitative estimate of drug-likeness (QED) is 0.144. The lowest BCUT2D eigenvalue weighted by Crippen LogP contribution is -2.48. The van der Waals surface area contributed by atoms with Crippen LogP contribution in [0.1, 0.15) is 31.2 Å². The number of H-pyrrole nitrogens is 1. The smallest absolute Gasteiger partial charge is 0.247 e. The number of carbonyl (C=O) groups excluding carboxylic acids is 2. The summed E-state index contributed by atoms with van der Waals surface area (Å²) in [5.41, 5.74) is 10.2. The minimum Gasteiger partial charge on any atom is -0.379 e. The van der Waals surface area contributed by atoms with Crippen molar-refractivity contribution in [1.82, 2.24) is 35.8 Å². The number of hydrogen-bond donors (Lipinski definition) is 5. The van der Waals surface area contributed by atoms with Crippen LogP contribution in [0.2, 0.25) is 0 Å². The Morgan fingerprint density at radius 1 is 0.938 bits per heavy atom. The maximum atomic E-state index is 13.6. The third kappa shape index (κ3) is 9.00. The summed E-state index contributed by atoms with van der Waals surface area (Å²) in [6.45, 7) is 5.95. The molecule has 2 aromatic heterocycles. The third-order valence-corrected chi connectivity index (χ3v) is 9.27. The van der Waals surface area contributed by atoms with Crippen LogP contribution in [0.4, 0.5) is 11.5 Å². The summed E-state index contributed by atoms with van der Waals surface area (Å²) in [7, 11) is 0. The van der Waals surface area contributed by atoms with Crippen LogP contribution in [-0.2, 0) is 20.7 Å². The number of tetrazole rings is 1. The Morgan fingerprint density at radius 2 is 1.67 bits per heavy atom. The molecule has 1 aliphatic carbocycles. The number of ether oxygens (including phenoxy) is 1. The zero-order valence-electron chi connectivity index (χ0n) is 27.1. The molecule has 13 heteroatoms. The minimum atomic E-state index is -0.753. The number of anilines is 2. The van der Waals surface area contributed by atoms with E-state index < -0.39 is 6.04 Å². The van der Waals surface area contributed by atoms with Crippen molar-refractivity contribution in [3.05, 3.63) is 72.4 Å². The molecule has 1 saturated heterocycles. The second-order valence-corrected chi connectivity index (χ2v) is 12.5. The van der Waals surface area contributed by atoms with Crippen LogP contribution in [-0.4, -0.2) is 94.3 Å². The molecule has 1 atom stereocenters. The van der Waals surface area contributed by atoms with Crippen molar-refractivity contribution in [2.75, 3.05) is 56.6 Å². The zero-order chi connectivity index (χ0) is 33.1. The number of aromatic nitrogens is 5. The highest BCUT2D eigenvalue weighted by Gasteiger charge is 2.29. The van der Waals surface area contributed by atoms with E-state index in [-0.39, 0.29) is 17.7 Å². The number of aromatic amines is 1. The van der Waals surface area contributed by atoms with Gasteiger partial charge in [0.05, 0.1) is 13.2 Å². The highest BCUT2D eigenvalue weighted by Crippen LogP contribution is 2.28. The number of nitrogens with two attached hydrogens (primary N) is 1. The van der Waals surface area contributed by atoms with E-state index in [9.17, 15) is 9.59 Å². The van der Waals surface area contributed by atoms with Crippen molar-refractivity contribution < 1.29 is 14.3 Å². The summed E-state index contributed by atoms with van der Waals surface area (Å²) in [4.78, 5) is 34.0. The van der Waals surface area contributed by atoms with Gasteiger partial charge in [-0.2, -0.15) is 5.21 Å². The Balaban J connectivity index is 1.08. The van der Waals surface area contributed by atoms with Crippen molar-refractivity contribution >= 4 is 23.3 Å². The molecule has 2 aromatic carbocycles. The molecule has 6 N–H and O–H groups in total. The molecule has 1 aliphatic heterocycles. The number of amides is 2. The van der Waals surface area contributed by atoms with Crippen LogP contribution in [0.5, 0.6) is 0 Å². The molecule has 48 heavy (non-hydrogen) atoms. The molecule has 0 unspecified atom stereocenters. The fourth-order valence-electron chi connectivity index (χ4n) is 6.28. The molecule has 0 bridgehead atoms. The van der Waals surface area contributed by atoms with Gasteiger partial charge in [0.25, 0.3) is 0 Å². The highest BCUT2D eigenvalue weighted by atomic mass is 16.5. The second kappa shape index (κ2) is 16.4. The SMILES string of the molecule is NCC1CCC(C(=O)N[C@@H](Cc2ccc(-c3ccc(NCCN4CCOCC4)nc3)cc2)C(=O)Nc2ccc(-c3nn[nH]n3)cc2)CC1. The van der Waals surface area contributed by atoms with Gasteiger partial charge in [-0.1, -0.05) is 24.3 Å². The van der Waals surface area contributed by atoms with Gasteiger partial charge in [-0.3, -0.25) is 14.5 Å². The van der Waals surface area contributed by atoms with Crippen molar-refractivity contribution in [2.24, 2.45) is 17.6 Å². The number of benzene rings is 2. The fraction of sp³-hybridized carbons (Fsp3) is 0.429. The standard InChI is InChI=1S/C35H44N10O3/c36-22-25-3-7-28(8-4-25)34(46)40-31(35(47)39-30-12-9-27(10-13-30)33-41-43-44-42-33)21-24-1-5-26(6-2-24)29-11-14-32(38-23-29)37-15-16-45-17-19-48-20-18-45/h1-2,5-6,9-14,23,25,28,31H,3-4,7-8,15-22,36H2,(H,37,38)(H,39,47)(H,40,46)(H,41,42,43,44)/t25?,28?,31-/m0/s1. The topological polar surface area (TPSA) is 176 Å². The van der Waals surface area contributed by atoms with E-state index in [1.165, 1.54) is 0 Å². The first kappa shape index (κ1) is 33.2. The van der Waals surface area contributed by atoms with Gasteiger partial charge in [-0.15, -0.1) is 10.2 Å². The molecule has 1 saturated carbocycles. The van der Waals surface area contributed by atoms with Gasteiger partial charge in [0.2, 0.25) is 17.6 Å². The van der Waals surface area contributed by atoms with E-state index in [1.807, 2.05) is 48.7 Å². The lowest BCUT2D eigenvalue weighted by molar-refractivity contribution is -0.130. The fourth-order valence-corrected chi connectivity index (χ4v) is 6.28. The van der Waals surface area contributed by atoms with Crippen molar-refractivity contribution in [3.63, 3.8) is 0 Å². The number of carbonyl (C=O) groups is 2. The number of nitrogens with zero attached hydrogens (tertiary/aromatic N) is 5. The van der Waals surface area contributed by atoms with E-state index in [2.05, 4.69) is 52.5 Å². The lowest BCUT2D eigenvalue weighted by atomic mass is 9.81. The first-order valence-electron chi connectivity index (χ1n) is 16.8. The minimum absolute atomic E-state index is 0.0839. The number of rotatable bonds is 13. The molecule has 6 rings (SSSR count). The van der Waals surface area contributed by atoms with E-state index in [0.717, 1.165) is 93.1 Å². The molecule has 0 radical (unpaired) electrons. The number of pyridine rings is 1. The highest BCUT2D eigenvalue weighted by molar-refractivity contribution is 5.97. The first-order chi connectivity index (χ1) is 23.5. The largest absolute Gasteiger partial charge is 0.379 e. The van der Waals surface area contributed by atoms with Crippen LogP contribution >= 0.6 is 0 Å². The predicted molar refractivity (Wildman–Crippen MR) is 184 cm³/mol. The number of morpholine rings is 1.